The number of aryl methyl sites for hydroxylation is 1. The first-order valence-corrected chi connectivity index (χ1v) is 11.2. The van der Waals surface area contributed by atoms with Gasteiger partial charge in [-0.25, -0.2) is 0 Å². The Hall–Kier alpha value is -4.05. The molecule has 4 rings (SSSR count). The molecule has 3 aromatic rings. The van der Waals surface area contributed by atoms with Crippen LogP contribution in [0.15, 0.2) is 64.3 Å². The Labute approximate surface area is 208 Å². The Morgan fingerprint density at radius 3 is 2.40 bits per heavy atom. The number of amides is 1. The Balaban J connectivity index is 1.85. The highest BCUT2D eigenvalue weighted by molar-refractivity contribution is 7.80. The number of para-hydroxylation sites is 2. The third-order valence-corrected chi connectivity index (χ3v) is 5.97. The molecule has 2 N–H and O–H groups in total. The number of carbonyl (C=O) groups excluding carboxylic acids is 1. The normalized spacial score (nSPS) is 15.5. The van der Waals surface area contributed by atoms with E-state index in [0.29, 0.717) is 50.9 Å². The van der Waals surface area contributed by atoms with Crippen LogP contribution in [0.1, 0.15) is 24.3 Å². The van der Waals surface area contributed by atoms with E-state index in [-0.39, 0.29) is 5.91 Å². The van der Waals surface area contributed by atoms with E-state index in [2.05, 4.69) is 15.8 Å². The van der Waals surface area contributed by atoms with Crippen molar-refractivity contribution in [1.82, 2.24) is 10.5 Å². The molecule has 0 spiro atoms. The minimum atomic E-state index is -0.568. The molecule has 0 saturated carbocycles. The molecule has 0 aliphatic carbocycles. The van der Waals surface area contributed by atoms with Crippen molar-refractivity contribution in [3.8, 4) is 17.2 Å². The maximum absolute atomic E-state index is 13.6. The van der Waals surface area contributed by atoms with Crippen molar-refractivity contribution in [3.63, 3.8) is 0 Å². The number of rotatable bonds is 7. The molecule has 1 atom stereocenters. The predicted octanol–water partition coefficient (Wildman–Crippen LogP) is 4.36. The SMILES string of the molecule is COc1ccc([C@@H]2NC(=S)N(c3ccccc3OC)C(C)=C2C(=O)Nc2cc(C)on2)cc1OC. The molecule has 1 aliphatic rings. The van der Waals surface area contributed by atoms with Crippen LogP contribution in [0.25, 0.3) is 0 Å². The molecule has 2 aromatic carbocycles. The van der Waals surface area contributed by atoms with E-state index in [1.54, 1.807) is 45.3 Å². The number of nitrogens with zero attached hydrogens (tertiary/aromatic N) is 2. The number of thiocarbonyl (C=S) groups is 1. The number of allylic oxidation sites excluding steroid dienone is 1. The second-order valence-electron chi connectivity index (χ2n) is 7.78. The number of carbonyl (C=O) groups is 1. The van der Waals surface area contributed by atoms with Crippen LogP contribution < -0.4 is 29.7 Å². The Morgan fingerprint density at radius 2 is 1.74 bits per heavy atom. The van der Waals surface area contributed by atoms with Gasteiger partial charge in [-0.2, -0.15) is 0 Å². The molecule has 1 amide bonds. The number of benzene rings is 2. The van der Waals surface area contributed by atoms with Crippen LogP contribution in [-0.4, -0.2) is 37.5 Å². The molecule has 0 unspecified atom stereocenters. The van der Waals surface area contributed by atoms with Crippen LogP contribution in [0, 0.1) is 6.92 Å². The van der Waals surface area contributed by atoms with Crippen LogP contribution in [-0.2, 0) is 4.79 Å². The van der Waals surface area contributed by atoms with E-state index in [4.69, 9.17) is 31.0 Å². The van der Waals surface area contributed by atoms with Gasteiger partial charge in [-0.15, -0.1) is 0 Å². The number of methoxy groups -OCH3 is 3. The summed E-state index contributed by atoms with van der Waals surface area (Å²) in [6, 6.07) is 14.0. The van der Waals surface area contributed by atoms with Gasteiger partial charge in [-0.3, -0.25) is 9.69 Å². The molecule has 0 bridgehead atoms. The fourth-order valence-electron chi connectivity index (χ4n) is 4.03. The van der Waals surface area contributed by atoms with Crippen LogP contribution in [0.3, 0.4) is 0 Å². The number of hydrogen-bond donors (Lipinski definition) is 2. The second kappa shape index (κ2) is 10.1. The summed E-state index contributed by atoms with van der Waals surface area (Å²) in [5, 5.41) is 10.5. The molecule has 9 nitrogen and oxygen atoms in total. The molecular formula is C25H26N4O5S. The first kappa shape index (κ1) is 24.1. The fraction of sp³-hybridized carbons (Fsp3) is 0.240. The molecule has 2 heterocycles. The molecule has 1 aliphatic heterocycles. The fourth-order valence-corrected chi connectivity index (χ4v) is 4.39. The largest absolute Gasteiger partial charge is 0.495 e. The zero-order valence-corrected chi connectivity index (χ0v) is 20.9. The first-order valence-electron chi connectivity index (χ1n) is 10.8. The molecule has 35 heavy (non-hydrogen) atoms. The minimum absolute atomic E-state index is 0.316. The van der Waals surface area contributed by atoms with E-state index >= 15 is 0 Å². The van der Waals surface area contributed by atoms with Crippen LogP contribution >= 0.6 is 12.2 Å². The van der Waals surface area contributed by atoms with Gasteiger partial charge in [0, 0.05) is 11.8 Å². The zero-order valence-electron chi connectivity index (χ0n) is 20.0. The quantitative estimate of drug-likeness (QED) is 0.464. The summed E-state index contributed by atoms with van der Waals surface area (Å²) >= 11 is 5.76. The van der Waals surface area contributed by atoms with E-state index < -0.39 is 6.04 Å². The maximum atomic E-state index is 13.6. The number of anilines is 2. The van der Waals surface area contributed by atoms with Crippen molar-refractivity contribution in [3.05, 3.63) is 71.1 Å². The van der Waals surface area contributed by atoms with E-state index in [1.807, 2.05) is 43.3 Å². The smallest absolute Gasteiger partial charge is 0.257 e. The molecule has 0 saturated heterocycles. The number of ether oxygens (including phenoxy) is 3. The van der Waals surface area contributed by atoms with Gasteiger partial charge in [-0.1, -0.05) is 23.4 Å². The second-order valence-corrected chi connectivity index (χ2v) is 8.17. The summed E-state index contributed by atoms with van der Waals surface area (Å²) in [7, 11) is 4.72. The van der Waals surface area contributed by atoms with Crippen molar-refractivity contribution in [2.45, 2.75) is 19.9 Å². The average Bonchev–Trinajstić information content (AvgIpc) is 3.27. The van der Waals surface area contributed by atoms with Gasteiger partial charge in [0.2, 0.25) is 0 Å². The molecule has 182 valence electrons. The van der Waals surface area contributed by atoms with Gasteiger partial charge in [-0.05, 0) is 55.9 Å². The summed E-state index contributed by atoms with van der Waals surface area (Å²) in [4.78, 5) is 15.4. The van der Waals surface area contributed by atoms with E-state index in [1.165, 1.54) is 0 Å². The van der Waals surface area contributed by atoms with Crippen LogP contribution in [0.4, 0.5) is 11.5 Å². The first-order chi connectivity index (χ1) is 16.9. The van der Waals surface area contributed by atoms with Gasteiger partial charge in [0.25, 0.3) is 5.91 Å². The third-order valence-electron chi connectivity index (χ3n) is 5.67. The van der Waals surface area contributed by atoms with Crippen molar-refractivity contribution in [2.24, 2.45) is 0 Å². The van der Waals surface area contributed by atoms with Crippen molar-refractivity contribution >= 4 is 34.7 Å². The van der Waals surface area contributed by atoms with Crippen molar-refractivity contribution < 1.29 is 23.5 Å². The molecule has 10 heteroatoms. The summed E-state index contributed by atoms with van der Waals surface area (Å²) < 4.78 is 21.5. The summed E-state index contributed by atoms with van der Waals surface area (Å²) in [5.41, 5.74) is 2.55. The maximum Gasteiger partial charge on any atom is 0.257 e. The highest BCUT2D eigenvalue weighted by Gasteiger charge is 2.36. The lowest BCUT2D eigenvalue weighted by atomic mass is 9.93. The Bertz CT molecular complexity index is 1300. The van der Waals surface area contributed by atoms with Gasteiger partial charge >= 0.3 is 0 Å². The minimum Gasteiger partial charge on any atom is -0.495 e. The highest BCUT2D eigenvalue weighted by atomic mass is 32.1. The topological polar surface area (TPSA) is 98.1 Å². The van der Waals surface area contributed by atoms with Crippen LogP contribution in [0.5, 0.6) is 17.2 Å². The van der Waals surface area contributed by atoms with Gasteiger partial charge < -0.3 is 29.4 Å². The standard InChI is InChI=1S/C25H26N4O5S/c1-14-12-21(28-34-14)26-24(30)22-15(2)29(17-8-6-7-9-18(17)31-3)25(35)27-23(22)16-10-11-19(32-4)20(13-16)33-5/h6-13,23H,1-5H3,(H,27,35)(H,26,28,30)/t23-/m0/s1. The Kier molecular flexibility index (Phi) is 6.92. The van der Waals surface area contributed by atoms with Gasteiger partial charge in [0.15, 0.2) is 22.4 Å². The lowest BCUT2D eigenvalue weighted by Gasteiger charge is -2.38. The Morgan fingerprint density at radius 1 is 1.03 bits per heavy atom. The summed E-state index contributed by atoms with van der Waals surface area (Å²) in [5.74, 6) is 2.28. The molecule has 1 aromatic heterocycles. The third kappa shape index (κ3) is 4.65. The number of nitrogens with one attached hydrogen (secondary N) is 2. The van der Waals surface area contributed by atoms with E-state index in [9.17, 15) is 4.79 Å². The predicted molar refractivity (Wildman–Crippen MR) is 136 cm³/mol. The number of hydrogen-bond acceptors (Lipinski definition) is 7. The number of aromatic nitrogens is 1. The van der Waals surface area contributed by atoms with Crippen LogP contribution in [0.2, 0.25) is 0 Å². The lowest BCUT2D eigenvalue weighted by Crippen LogP contribution is -2.48. The highest BCUT2D eigenvalue weighted by Crippen LogP contribution is 2.39. The van der Waals surface area contributed by atoms with Crippen molar-refractivity contribution in [1.29, 1.82) is 0 Å². The molecular weight excluding hydrogens is 468 g/mol. The molecule has 0 radical (unpaired) electrons. The van der Waals surface area contributed by atoms with E-state index in [0.717, 1.165) is 5.56 Å². The lowest BCUT2D eigenvalue weighted by molar-refractivity contribution is -0.113. The monoisotopic (exact) mass is 494 g/mol. The summed E-state index contributed by atoms with van der Waals surface area (Å²) in [6.45, 7) is 3.60. The van der Waals surface area contributed by atoms with Gasteiger partial charge in [0.05, 0.1) is 38.6 Å². The van der Waals surface area contributed by atoms with Crippen molar-refractivity contribution in [2.75, 3.05) is 31.5 Å². The van der Waals surface area contributed by atoms with Gasteiger partial charge in [0.1, 0.15) is 11.5 Å². The molecule has 0 fully saturated rings. The zero-order chi connectivity index (χ0) is 25.1. The average molecular weight is 495 g/mol. The summed E-state index contributed by atoms with van der Waals surface area (Å²) in [6.07, 6.45) is 0.